The van der Waals surface area contributed by atoms with Crippen LogP contribution in [-0.2, 0) is 4.74 Å². The second kappa shape index (κ2) is 10.2. The van der Waals surface area contributed by atoms with Crippen molar-refractivity contribution in [2.24, 2.45) is 0 Å². The number of hydrogen-bond acceptors (Lipinski definition) is 2. The van der Waals surface area contributed by atoms with Crippen LogP contribution in [0.5, 0.6) is 0 Å². The van der Waals surface area contributed by atoms with E-state index >= 15 is 0 Å². The van der Waals surface area contributed by atoms with Crippen LogP contribution in [0.1, 0.15) is 46.5 Å². The smallest absolute Gasteiger partial charge is 0.0686 e. The number of ether oxygens (including phenoxy) is 1. The highest BCUT2D eigenvalue weighted by Gasteiger charge is 1.96. The molecule has 0 saturated carbocycles. The van der Waals surface area contributed by atoms with Gasteiger partial charge in [0.2, 0.25) is 0 Å². The minimum atomic E-state index is 0.520. The van der Waals surface area contributed by atoms with Crippen molar-refractivity contribution in [2.45, 2.75) is 52.5 Å². The molecule has 2 heteroatoms. The Labute approximate surface area is 95.1 Å². The Balaban J connectivity index is 3.17. The van der Waals surface area contributed by atoms with Gasteiger partial charge in [-0.05, 0) is 12.0 Å². The second-order valence-corrected chi connectivity index (χ2v) is 4.40. The maximum Gasteiger partial charge on any atom is 0.0686 e. The Hall–Kier alpha value is -0.340. The molecule has 0 atom stereocenters. The van der Waals surface area contributed by atoms with Gasteiger partial charge < -0.3 is 10.1 Å². The summed E-state index contributed by atoms with van der Waals surface area (Å²) in [7, 11) is 0. The maximum atomic E-state index is 5.53. The van der Waals surface area contributed by atoms with E-state index in [0.29, 0.717) is 12.6 Å². The molecule has 0 aromatic rings. The van der Waals surface area contributed by atoms with Crippen molar-refractivity contribution in [3.05, 3.63) is 12.2 Å². The van der Waals surface area contributed by atoms with Gasteiger partial charge in [0.05, 0.1) is 6.61 Å². The molecule has 1 N–H and O–H groups in total. The van der Waals surface area contributed by atoms with E-state index in [1.54, 1.807) is 0 Å². The summed E-state index contributed by atoms with van der Waals surface area (Å²) in [5.74, 6) is 0. The zero-order chi connectivity index (χ0) is 11.5. The molecule has 0 saturated heterocycles. The first-order valence-electron chi connectivity index (χ1n) is 6.14. The third kappa shape index (κ3) is 11.6. The van der Waals surface area contributed by atoms with Crippen molar-refractivity contribution in [1.29, 1.82) is 0 Å². The normalized spacial score (nSPS) is 10.9. The summed E-state index contributed by atoms with van der Waals surface area (Å²) in [6, 6.07) is 0.520. The minimum Gasteiger partial charge on any atom is -0.377 e. The van der Waals surface area contributed by atoms with E-state index in [2.05, 4.69) is 32.7 Å². The van der Waals surface area contributed by atoms with E-state index in [0.717, 1.165) is 18.7 Å². The second-order valence-electron chi connectivity index (χ2n) is 4.40. The summed E-state index contributed by atoms with van der Waals surface area (Å²) in [4.78, 5) is 0. The molecule has 0 unspecified atom stereocenters. The zero-order valence-electron chi connectivity index (χ0n) is 10.6. The quantitative estimate of drug-likeness (QED) is 0.444. The van der Waals surface area contributed by atoms with Gasteiger partial charge in [-0.25, -0.2) is 0 Å². The summed E-state index contributed by atoms with van der Waals surface area (Å²) in [6.45, 7) is 12.9. The summed E-state index contributed by atoms with van der Waals surface area (Å²) in [5, 5.41) is 3.33. The van der Waals surface area contributed by atoms with Crippen LogP contribution in [0.2, 0.25) is 0 Å². The van der Waals surface area contributed by atoms with E-state index < -0.39 is 0 Å². The fraction of sp³-hybridized carbons (Fsp3) is 0.846. The van der Waals surface area contributed by atoms with E-state index in [1.165, 1.54) is 25.7 Å². The SMILES string of the molecule is C=C(CNC(C)C)COCCCCCC. The van der Waals surface area contributed by atoms with Crippen LogP contribution in [0.25, 0.3) is 0 Å². The standard InChI is InChI=1S/C13H27NO/c1-5-6-7-8-9-15-11-13(4)10-14-12(2)3/h12,14H,4-11H2,1-3H3. The summed E-state index contributed by atoms with van der Waals surface area (Å²) >= 11 is 0. The molecule has 0 heterocycles. The molecule has 0 fully saturated rings. The number of unbranched alkanes of at least 4 members (excludes halogenated alkanes) is 3. The van der Waals surface area contributed by atoms with Crippen LogP contribution >= 0.6 is 0 Å². The molecule has 0 amide bonds. The molecular formula is C13H27NO. The monoisotopic (exact) mass is 213 g/mol. The highest BCUT2D eigenvalue weighted by Crippen LogP contribution is 2.00. The molecule has 2 nitrogen and oxygen atoms in total. The van der Waals surface area contributed by atoms with Crippen LogP contribution in [0.4, 0.5) is 0 Å². The molecule has 0 aliphatic rings. The molecule has 0 aliphatic heterocycles. The van der Waals surface area contributed by atoms with Crippen molar-refractivity contribution in [1.82, 2.24) is 5.32 Å². The number of nitrogens with one attached hydrogen (secondary N) is 1. The summed E-state index contributed by atoms with van der Waals surface area (Å²) < 4.78 is 5.53. The van der Waals surface area contributed by atoms with Crippen LogP contribution < -0.4 is 5.32 Å². The predicted molar refractivity (Wildman–Crippen MR) is 67.2 cm³/mol. The molecule has 0 bridgehead atoms. The van der Waals surface area contributed by atoms with Crippen molar-refractivity contribution in [3.63, 3.8) is 0 Å². The lowest BCUT2D eigenvalue weighted by Crippen LogP contribution is -2.25. The van der Waals surface area contributed by atoms with E-state index in [4.69, 9.17) is 4.74 Å². The van der Waals surface area contributed by atoms with Gasteiger partial charge in [0.25, 0.3) is 0 Å². The van der Waals surface area contributed by atoms with Crippen molar-refractivity contribution in [2.75, 3.05) is 19.8 Å². The van der Waals surface area contributed by atoms with Crippen LogP contribution in [0, 0.1) is 0 Å². The molecule has 0 aliphatic carbocycles. The first-order chi connectivity index (χ1) is 7.16. The third-order valence-corrected chi connectivity index (χ3v) is 2.21. The average Bonchev–Trinajstić information content (AvgIpc) is 2.20. The lowest BCUT2D eigenvalue weighted by molar-refractivity contribution is 0.150. The van der Waals surface area contributed by atoms with Crippen LogP contribution in [-0.4, -0.2) is 25.8 Å². The van der Waals surface area contributed by atoms with Gasteiger partial charge in [-0.1, -0.05) is 46.6 Å². The van der Waals surface area contributed by atoms with Gasteiger partial charge in [0.15, 0.2) is 0 Å². The minimum absolute atomic E-state index is 0.520. The fourth-order valence-electron chi connectivity index (χ4n) is 1.25. The Kier molecular flexibility index (Phi) is 9.96. The lowest BCUT2D eigenvalue weighted by Gasteiger charge is -2.10. The van der Waals surface area contributed by atoms with Crippen molar-refractivity contribution in [3.8, 4) is 0 Å². The number of rotatable bonds is 10. The summed E-state index contributed by atoms with van der Waals surface area (Å²) in [6.07, 6.45) is 5.07. The highest BCUT2D eigenvalue weighted by molar-refractivity contribution is 4.97. The average molecular weight is 213 g/mol. The molecule has 15 heavy (non-hydrogen) atoms. The third-order valence-electron chi connectivity index (χ3n) is 2.21. The van der Waals surface area contributed by atoms with E-state index in [9.17, 15) is 0 Å². The van der Waals surface area contributed by atoms with Gasteiger partial charge in [-0.3, -0.25) is 0 Å². The van der Waals surface area contributed by atoms with Crippen molar-refractivity contribution < 1.29 is 4.74 Å². The first-order valence-corrected chi connectivity index (χ1v) is 6.14. The molecular weight excluding hydrogens is 186 g/mol. The predicted octanol–water partition coefficient (Wildman–Crippen LogP) is 3.14. The Morgan fingerprint density at radius 2 is 2.00 bits per heavy atom. The van der Waals surface area contributed by atoms with E-state index in [-0.39, 0.29) is 0 Å². The maximum absolute atomic E-state index is 5.53. The molecule has 0 aromatic carbocycles. The Bertz CT molecular complexity index is 155. The van der Waals surface area contributed by atoms with E-state index in [1.807, 2.05) is 0 Å². The lowest BCUT2D eigenvalue weighted by atomic mass is 10.2. The van der Waals surface area contributed by atoms with Crippen molar-refractivity contribution >= 4 is 0 Å². The van der Waals surface area contributed by atoms with Gasteiger partial charge in [0, 0.05) is 19.2 Å². The molecule has 90 valence electrons. The summed E-state index contributed by atoms with van der Waals surface area (Å²) in [5.41, 5.74) is 1.14. The van der Waals surface area contributed by atoms with Gasteiger partial charge in [0.1, 0.15) is 0 Å². The van der Waals surface area contributed by atoms with Gasteiger partial charge in [-0.15, -0.1) is 0 Å². The van der Waals surface area contributed by atoms with Crippen LogP contribution in [0.15, 0.2) is 12.2 Å². The first kappa shape index (κ1) is 14.7. The fourth-order valence-corrected chi connectivity index (χ4v) is 1.25. The molecule has 0 rings (SSSR count). The number of hydrogen-bond donors (Lipinski definition) is 1. The highest BCUT2D eigenvalue weighted by atomic mass is 16.5. The molecule has 0 radical (unpaired) electrons. The Morgan fingerprint density at radius 1 is 1.27 bits per heavy atom. The van der Waals surface area contributed by atoms with Crippen LogP contribution in [0.3, 0.4) is 0 Å². The van der Waals surface area contributed by atoms with Gasteiger partial charge in [-0.2, -0.15) is 0 Å². The zero-order valence-corrected chi connectivity index (χ0v) is 10.6. The molecule has 0 aromatic heterocycles. The van der Waals surface area contributed by atoms with Gasteiger partial charge >= 0.3 is 0 Å². The topological polar surface area (TPSA) is 21.3 Å². The largest absolute Gasteiger partial charge is 0.377 e. The Morgan fingerprint density at radius 3 is 2.60 bits per heavy atom. The molecule has 0 spiro atoms.